The van der Waals surface area contributed by atoms with Crippen LogP contribution in [0.25, 0.3) is 0 Å². The van der Waals surface area contributed by atoms with Gasteiger partial charge in [0.15, 0.2) is 6.10 Å². The van der Waals surface area contributed by atoms with Gasteiger partial charge in [-0.25, -0.2) is 0 Å². The van der Waals surface area contributed by atoms with E-state index in [1.165, 1.54) is 44.9 Å². The molecule has 1 unspecified atom stereocenters. The molecule has 0 saturated carbocycles. The molecule has 0 rings (SSSR count). The minimum absolute atomic E-state index is 0.0188. The highest BCUT2D eigenvalue weighted by Gasteiger charge is 2.17. The molecule has 0 heterocycles. The van der Waals surface area contributed by atoms with Crippen LogP contribution in [0.5, 0.6) is 0 Å². The Labute approximate surface area is 369 Å². The summed E-state index contributed by atoms with van der Waals surface area (Å²) in [5.41, 5.74) is 0. The molecule has 0 bridgehead atoms. The number of rotatable bonds is 42. The maximum atomic E-state index is 12.7. The van der Waals surface area contributed by atoms with Gasteiger partial charge in [-0.15, -0.1) is 0 Å². The second-order valence-electron chi connectivity index (χ2n) is 15.2. The van der Waals surface area contributed by atoms with Gasteiger partial charge in [-0.2, -0.15) is 0 Å². The van der Waals surface area contributed by atoms with E-state index in [0.717, 1.165) is 103 Å². The Kier molecular flexibility index (Phi) is 46.6. The number of unbranched alkanes of at least 4 members (excludes halogenated alkanes) is 11. The summed E-state index contributed by atoms with van der Waals surface area (Å²) in [6.07, 6.45) is 69.3. The Morgan fingerprint density at radius 2 is 0.783 bits per heavy atom. The number of esters is 2. The van der Waals surface area contributed by atoms with E-state index in [4.69, 9.17) is 14.2 Å². The molecule has 1 atom stereocenters. The molecule has 0 fully saturated rings. The molecule has 0 N–H and O–H groups in total. The third-order valence-electron chi connectivity index (χ3n) is 9.48. The van der Waals surface area contributed by atoms with Gasteiger partial charge < -0.3 is 14.2 Å². The van der Waals surface area contributed by atoms with E-state index in [9.17, 15) is 9.59 Å². The molecule has 0 aliphatic carbocycles. The van der Waals surface area contributed by atoms with Gasteiger partial charge in [0, 0.05) is 19.4 Å². The second kappa shape index (κ2) is 49.7. The Hall–Kier alpha value is -3.70. The monoisotopic (exact) mass is 829 g/mol. The third kappa shape index (κ3) is 47.0. The van der Waals surface area contributed by atoms with E-state index in [0.29, 0.717) is 25.9 Å². The van der Waals surface area contributed by atoms with Crippen molar-refractivity contribution in [2.75, 3.05) is 19.8 Å². The molecular weight excluding hydrogens is 741 g/mol. The van der Waals surface area contributed by atoms with Crippen LogP contribution in [0, 0.1) is 0 Å². The van der Waals surface area contributed by atoms with Gasteiger partial charge in [0.05, 0.1) is 6.61 Å². The van der Waals surface area contributed by atoms with Gasteiger partial charge >= 0.3 is 11.9 Å². The highest BCUT2D eigenvalue weighted by Crippen LogP contribution is 2.11. The van der Waals surface area contributed by atoms with Gasteiger partial charge in [0.25, 0.3) is 0 Å². The van der Waals surface area contributed by atoms with Crippen molar-refractivity contribution in [1.82, 2.24) is 0 Å². The molecule has 0 aromatic heterocycles. The highest BCUT2D eigenvalue weighted by atomic mass is 16.6. The van der Waals surface area contributed by atoms with Crippen LogP contribution in [0.1, 0.15) is 188 Å². The van der Waals surface area contributed by atoms with Gasteiger partial charge in [0.1, 0.15) is 6.61 Å². The van der Waals surface area contributed by atoms with Crippen LogP contribution < -0.4 is 0 Å². The quantitative estimate of drug-likeness (QED) is 0.0348. The lowest BCUT2D eigenvalue weighted by Crippen LogP contribution is -2.30. The molecular formula is C55H88O5. The zero-order valence-electron chi connectivity index (χ0n) is 38.7. The zero-order chi connectivity index (χ0) is 43.5. The predicted molar refractivity (Wildman–Crippen MR) is 260 cm³/mol. The Balaban J connectivity index is 4.47. The van der Waals surface area contributed by atoms with Crippen LogP contribution in [0.3, 0.4) is 0 Å². The predicted octanol–water partition coefficient (Wildman–Crippen LogP) is 16.2. The van der Waals surface area contributed by atoms with E-state index in [1.54, 1.807) is 0 Å². The summed E-state index contributed by atoms with van der Waals surface area (Å²) in [5, 5.41) is 0. The first-order valence-electron chi connectivity index (χ1n) is 24.1. The van der Waals surface area contributed by atoms with Crippen LogP contribution in [0.4, 0.5) is 0 Å². The molecule has 5 heteroatoms. The SMILES string of the molecule is CC/C=C\C/C=C\C/C=C\C/C=C\C/C=C\CCCCOCC(COC(=O)CC/C=C\C/C=C\C/C=C\C/C=C\CC)OC(=O)CCCCCCC/C=C\CCCCCC. The maximum absolute atomic E-state index is 12.7. The van der Waals surface area contributed by atoms with E-state index in [-0.39, 0.29) is 25.2 Å². The summed E-state index contributed by atoms with van der Waals surface area (Å²) < 4.78 is 17.2. The van der Waals surface area contributed by atoms with E-state index in [1.807, 2.05) is 6.08 Å². The minimum Gasteiger partial charge on any atom is -0.462 e. The van der Waals surface area contributed by atoms with Crippen molar-refractivity contribution in [1.29, 1.82) is 0 Å². The van der Waals surface area contributed by atoms with Crippen LogP contribution >= 0.6 is 0 Å². The van der Waals surface area contributed by atoms with Crippen molar-refractivity contribution in [2.45, 2.75) is 194 Å². The molecule has 5 nitrogen and oxygen atoms in total. The Bertz CT molecular complexity index is 1260. The molecule has 0 aromatic carbocycles. The van der Waals surface area contributed by atoms with Crippen molar-refractivity contribution >= 4 is 11.9 Å². The second-order valence-corrected chi connectivity index (χ2v) is 15.2. The Morgan fingerprint density at radius 1 is 0.383 bits per heavy atom. The van der Waals surface area contributed by atoms with Crippen molar-refractivity contribution in [2.24, 2.45) is 0 Å². The number of hydrogen-bond acceptors (Lipinski definition) is 5. The van der Waals surface area contributed by atoms with Gasteiger partial charge in [-0.05, 0) is 116 Å². The lowest BCUT2D eigenvalue weighted by molar-refractivity contribution is -0.162. The molecule has 338 valence electrons. The van der Waals surface area contributed by atoms with Gasteiger partial charge in [0.2, 0.25) is 0 Å². The summed E-state index contributed by atoms with van der Waals surface area (Å²) in [7, 11) is 0. The zero-order valence-corrected chi connectivity index (χ0v) is 38.7. The summed E-state index contributed by atoms with van der Waals surface area (Å²) in [6.45, 7) is 7.37. The molecule has 0 aliphatic rings. The van der Waals surface area contributed by atoms with E-state index >= 15 is 0 Å². The minimum atomic E-state index is -0.599. The normalized spacial score (nSPS) is 13.3. The lowest BCUT2D eigenvalue weighted by Gasteiger charge is -2.18. The van der Waals surface area contributed by atoms with Crippen molar-refractivity contribution < 1.29 is 23.8 Å². The fourth-order valence-electron chi connectivity index (χ4n) is 5.95. The van der Waals surface area contributed by atoms with Crippen molar-refractivity contribution in [3.05, 3.63) is 122 Å². The molecule has 0 spiro atoms. The largest absolute Gasteiger partial charge is 0.462 e. The van der Waals surface area contributed by atoms with Crippen molar-refractivity contribution in [3.63, 3.8) is 0 Å². The summed E-state index contributed by atoms with van der Waals surface area (Å²) >= 11 is 0. The average molecular weight is 829 g/mol. The van der Waals surface area contributed by atoms with E-state index < -0.39 is 6.10 Å². The summed E-state index contributed by atoms with van der Waals surface area (Å²) in [4.78, 5) is 25.3. The van der Waals surface area contributed by atoms with Crippen molar-refractivity contribution in [3.8, 4) is 0 Å². The summed E-state index contributed by atoms with van der Waals surface area (Å²) in [5.74, 6) is -0.536. The van der Waals surface area contributed by atoms with Crippen LogP contribution in [0.15, 0.2) is 122 Å². The third-order valence-corrected chi connectivity index (χ3v) is 9.48. The number of hydrogen-bond donors (Lipinski definition) is 0. The van der Waals surface area contributed by atoms with E-state index in [2.05, 4.69) is 136 Å². The fraction of sp³-hybridized carbons (Fsp3) is 0.600. The molecule has 0 amide bonds. The molecule has 0 aromatic rings. The standard InChI is InChI=1S/C55H88O5/c1-4-7-10-13-16-19-22-25-26-27-28-29-32-35-38-41-44-47-50-58-51-53(60-55(57)49-46-43-40-37-34-31-24-21-18-15-12-9-6-3)52-59-54(56)48-45-42-39-36-33-30-23-20-17-14-11-8-5-2/h7-8,10-11,16-17,19-21,24-26,28-30,33,35,38-39,42,53H,4-6,9,12-15,18,22-23,27,31-32,34,36-37,40-41,43-52H2,1-3H3/b10-7-,11-8-,19-16-,20-17-,24-21-,26-25-,29-28-,33-30-,38-35-,42-39-. The highest BCUT2D eigenvalue weighted by molar-refractivity contribution is 5.70. The molecule has 60 heavy (non-hydrogen) atoms. The number of carbonyl (C=O) groups is 2. The molecule has 0 radical (unpaired) electrons. The lowest BCUT2D eigenvalue weighted by atomic mass is 10.1. The number of ether oxygens (including phenoxy) is 3. The number of carbonyl (C=O) groups excluding carboxylic acids is 2. The molecule has 0 aliphatic heterocycles. The smallest absolute Gasteiger partial charge is 0.306 e. The first-order chi connectivity index (χ1) is 29.6. The first kappa shape index (κ1) is 56.3. The molecule has 0 saturated heterocycles. The van der Waals surface area contributed by atoms with Gasteiger partial charge in [-0.3, -0.25) is 9.59 Å². The van der Waals surface area contributed by atoms with Crippen LogP contribution in [-0.4, -0.2) is 37.9 Å². The topological polar surface area (TPSA) is 61.8 Å². The van der Waals surface area contributed by atoms with Crippen LogP contribution in [-0.2, 0) is 23.8 Å². The van der Waals surface area contributed by atoms with Gasteiger partial charge in [-0.1, -0.05) is 181 Å². The van der Waals surface area contributed by atoms with Crippen LogP contribution in [0.2, 0.25) is 0 Å². The maximum Gasteiger partial charge on any atom is 0.306 e. The Morgan fingerprint density at radius 3 is 1.28 bits per heavy atom. The average Bonchev–Trinajstić information content (AvgIpc) is 3.25. The fourth-order valence-corrected chi connectivity index (χ4v) is 5.95. The first-order valence-corrected chi connectivity index (χ1v) is 24.1. The number of allylic oxidation sites excluding steroid dienone is 20. The summed E-state index contributed by atoms with van der Waals surface area (Å²) in [6, 6.07) is 0.